The van der Waals surface area contributed by atoms with Gasteiger partial charge in [-0.25, -0.2) is 9.59 Å². The Bertz CT molecular complexity index is 774. The molecule has 1 aliphatic heterocycles. The minimum Gasteiger partial charge on any atom is -0.386 e. The van der Waals surface area contributed by atoms with Crippen LogP contribution in [-0.2, 0) is 27.2 Å². The van der Waals surface area contributed by atoms with E-state index in [2.05, 4.69) is 10.8 Å². The van der Waals surface area contributed by atoms with Gasteiger partial charge < -0.3 is 4.74 Å². The third-order valence-corrected chi connectivity index (χ3v) is 3.84. The van der Waals surface area contributed by atoms with Gasteiger partial charge in [-0.2, -0.15) is 0 Å². The van der Waals surface area contributed by atoms with E-state index < -0.39 is 11.9 Å². The molecule has 0 radical (unpaired) electrons. The van der Waals surface area contributed by atoms with Crippen molar-refractivity contribution >= 4 is 28.3 Å². The molecule has 0 unspecified atom stereocenters. The van der Waals surface area contributed by atoms with Gasteiger partial charge in [-0.3, -0.25) is 0 Å². The molecular formula is C16H10O3. The maximum absolute atomic E-state index is 11.7. The van der Waals surface area contributed by atoms with E-state index in [9.17, 15) is 9.59 Å². The monoisotopic (exact) mass is 250 g/mol. The Morgan fingerprint density at radius 3 is 2.47 bits per heavy atom. The zero-order valence-electron chi connectivity index (χ0n) is 10.1. The maximum atomic E-state index is 11.7. The van der Waals surface area contributed by atoms with Crippen molar-refractivity contribution in [2.75, 3.05) is 0 Å². The predicted octanol–water partition coefficient (Wildman–Crippen LogP) is 2.41. The molecule has 0 N–H and O–H groups in total. The molecule has 92 valence electrons. The molecule has 2 aromatic carbocycles. The molecule has 0 amide bonds. The van der Waals surface area contributed by atoms with Crippen LogP contribution in [0.3, 0.4) is 0 Å². The first-order chi connectivity index (χ1) is 9.24. The standard InChI is InChI=1S/C16H10O3/c17-14-8-13(16(18)19-14)11-7-6-10-5-4-9-2-1-3-12(11)15(9)10/h1-3,6-8H,4-5H2. The summed E-state index contributed by atoms with van der Waals surface area (Å²) < 4.78 is 4.58. The zero-order valence-corrected chi connectivity index (χ0v) is 10.1. The van der Waals surface area contributed by atoms with Crippen molar-refractivity contribution in [1.82, 2.24) is 0 Å². The second kappa shape index (κ2) is 3.54. The van der Waals surface area contributed by atoms with Crippen LogP contribution in [0.25, 0.3) is 16.3 Å². The number of benzene rings is 2. The normalized spacial score (nSPS) is 16.9. The molecule has 4 rings (SSSR count). The van der Waals surface area contributed by atoms with Gasteiger partial charge in [0, 0.05) is 6.08 Å². The van der Waals surface area contributed by atoms with Gasteiger partial charge in [-0.05, 0) is 40.3 Å². The highest BCUT2D eigenvalue weighted by Crippen LogP contribution is 2.36. The van der Waals surface area contributed by atoms with Crippen LogP contribution >= 0.6 is 0 Å². The fourth-order valence-corrected chi connectivity index (χ4v) is 3.02. The average Bonchev–Trinajstić information content (AvgIpc) is 2.96. The molecular weight excluding hydrogens is 240 g/mol. The zero-order chi connectivity index (χ0) is 13.0. The minimum atomic E-state index is -0.580. The third kappa shape index (κ3) is 1.38. The number of hydrogen-bond acceptors (Lipinski definition) is 3. The van der Waals surface area contributed by atoms with Gasteiger partial charge in [0.05, 0.1) is 5.57 Å². The lowest BCUT2D eigenvalue weighted by Gasteiger charge is -2.08. The van der Waals surface area contributed by atoms with Crippen molar-refractivity contribution in [3.8, 4) is 0 Å². The summed E-state index contributed by atoms with van der Waals surface area (Å²) in [5, 5.41) is 2.26. The lowest BCUT2D eigenvalue weighted by Crippen LogP contribution is -2.01. The molecule has 1 aliphatic carbocycles. The van der Waals surface area contributed by atoms with Gasteiger partial charge in [-0.15, -0.1) is 0 Å². The summed E-state index contributed by atoms with van der Waals surface area (Å²) in [6.45, 7) is 0. The molecule has 0 spiro atoms. The largest absolute Gasteiger partial charge is 0.386 e. The smallest absolute Gasteiger partial charge is 0.346 e. The Morgan fingerprint density at radius 2 is 1.74 bits per heavy atom. The van der Waals surface area contributed by atoms with Crippen LogP contribution in [0, 0.1) is 0 Å². The van der Waals surface area contributed by atoms with E-state index in [0.717, 1.165) is 23.8 Å². The molecule has 19 heavy (non-hydrogen) atoms. The summed E-state index contributed by atoms with van der Waals surface area (Å²) in [7, 11) is 0. The van der Waals surface area contributed by atoms with Gasteiger partial charge in [0.25, 0.3) is 0 Å². The Morgan fingerprint density at radius 1 is 0.947 bits per heavy atom. The summed E-state index contributed by atoms with van der Waals surface area (Å²) in [6.07, 6.45) is 3.36. The SMILES string of the molecule is O=C1C=C(c2ccc3c4c(cccc24)CC3)C(=O)O1. The lowest BCUT2D eigenvalue weighted by molar-refractivity contribution is -0.149. The number of carbonyl (C=O) groups is 2. The number of ether oxygens (including phenoxy) is 1. The molecule has 3 nitrogen and oxygen atoms in total. The van der Waals surface area contributed by atoms with Crippen LogP contribution in [0.15, 0.2) is 36.4 Å². The van der Waals surface area contributed by atoms with Crippen LogP contribution in [0.5, 0.6) is 0 Å². The van der Waals surface area contributed by atoms with E-state index in [1.165, 1.54) is 22.6 Å². The van der Waals surface area contributed by atoms with Crippen molar-refractivity contribution in [3.05, 3.63) is 53.1 Å². The van der Waals surface area contributed by atoms with E-state index in [0.29, 0.717) is 5.57 Å². The lowest BCUT2D eigenvalue weighted by atomic mass is 9.95. The highest BCUT2D eigenvalue weighted by molar-refractivity contribution is 6.30. The van der Waals surface area contributed by atoms with Crippen LogP contribution in [0.1, 0.15) is 16.7 Å². The number of hydrogen-bond donors (Lipinski definition) is 0. The summed E-state index contributed by atoms with van der Waals surface area (Å²) in [5.74, 6) is -1.13. The molecule has 0 saturated heterocycles. The molecule has 2 aromatic rings. The van der Waals surface area contributed by atoms with Crippen LogP contribution < -0.4 is 0 Å². The number of carbonyl (C=O) groups excluding carboxylic acids is 2. The maximum Gasteiger partial charge on any atom is 0.346 e. The fraction of sp³-hybridized carbons (Fsp3) is 0.125. The highest BCUT2D eigenvalue weighted by Gasteiger charge is 2.27. The first kappa shape index (κ1) is 10.5. The van der Waals surface area contributed by atoms with Crippen molar-refractivity contribution in [1.29, 1.82) is 0 Å². The van der Waals surface area contributed by atoms with Crippen LogP contribution in [0.4, 0.5) is 0 Å². The Kier molecular flexibility index (Phi) is 1.96. The molecule has 0 aromatic heterocycles. The van der Waals surface area contributed by atoms with Gasteiger partial charge in [0.2, 0.25) is 0 Å². The number of aryl methyl sites for hydroxylation is 2. The summed E-state index contributed by atoms with van der Waals surface area (Å²) in [4.78, 5) is 22.9. The second-order valence-corrected chi connectivity index (χ2v) is 4.88. The second-order valence-electron chi connectivity index (χ2n) is 4.88. The van der Waals surface area contributed by atoms with Crippen molar-refractivity contribution in [2.45, 2.75) is 12.8 Å². The number of cyclic esters (lactones) is 2. The van der Waals surface area contributed by atoms with Gasteiger partial charge in [0.1, 0.15) is 0 Å². The molecule has 0 fully saturated rings. The first-order valence-electron chi connectivity index (χ1n) is 6.26. The number of esters is 2. The van der Waals surface area contributed by atoms with Crippen molar-refractivity contribution in [3.63, 3.8) is 0 Å². The molecule has 3 heteroatoms. The summed E-state index contributed by atoms with van der Waals surface area (Å²) >= 11 is 0. The Balaban J connectivity index is 2.05. The fourth-order valence-electron chi connectivity index (χ4n) is 3.02. The average molecular weight is 250 g/mol. The predicted molar refractivity (Wildman–Crippen MR) is 70.4 cm³/mol. The quantitative estimate of drug-likeness (QED) is 0.576. The number of rotatable bonds is 1. The summed E-state index contributed by atoms with van der Waals surface area (Å²) in [5.41, 5.74) is 3.78. The minimum absolute atomic E-state index is 0.362. The molecule has 0 bridgehead atoms. The first-order valence-corrected chi connectivity index (χ1v) is 6.26. The van der Waals surface area contributed by atoms with Crippen LogP contribution in [0.2, 0.25) is 0 Å². The third-order valence-electron chi connectivity index (χ3n) is 3.84. The van der Waals surface area contributed by atoms with E-state index in [-0.39, 0.29) is 0 Å². The Labute approximate surface area is 109 Å². The van der Waals surface area contributed by atoms with Crippen LogP contribution in [-0.4, -0.2) is 11.9 Å². The van der Waals surface area contributed by atoms with Crippen molar-refractivity contribution in [2.24, 2.45) is 0 Å². The van der Waals surface area contributed by atoms with E-state index in [4.69, 9.17) is 0 Å². The summed E-state index contributed by atoms with van der Waals surface area (Å²) in [6, 6.07) is 10.1. The van der Waals surface area contributed by atoms with E-state index in [1.807, 2.05) is 24.3 Å². The molecule has 0 saturated carbocycles. The van der Waals surface area contributed by atoms with E-state index in [1.54, 1.807) is 0 Å². The topological polar surface area (TPSA) is 43.4 Å². The van der Waals surface area contributed by atoms with E-state index >= 15 is 0 Å². The highest BCUT2D eigenvalue weighted by atomic mass is 16.6. The van der Waals surface area contributed by atoms with Gasteiger partial charge in [0.15, 0.2) is 0 Å². The van der Waals surface area contributed by atoms with Gasteiger partial charge in [-0.1, -0.05) is 30.3 Å². The molecule has 0 atom stereocenters. The van der Waals surface area contributed by atoms with Crippen molar-refractivity contribution < 1.29 is 14.3 Å². The Hall–Kier alpha value is -2.42. The van der Waals surface area contributed by atoms with Gasteiger partial charge >= 0.3 is 11.9 Å². The molecule has 1 heterocycles. The molecule has 2 aliphatic rings.